The van der Waals surface area contributed by atoms with Crippen LogP contribution in [0, 0.1) is 5.92 Å². The minimum atomic E-state index is -1.26. The van der Waals surface area contributed by atoms with Gasteiger partial charge in [0.25, 0.3) is 0 Å². The van der Waals surface area contributed by atoms with E-state index in [4.69, 9.17) is 15.1 Å². The number of piperidine rings is 3. The summed E-state index contributed by atoms with van der Waals surface area (Å²) < 4.78 is 11.7. The van der Waals surface area contributed by atoms with Crippen LogP contribution in [0.25, 0.3) is 0 Å². The summed E-state index contributed by atoms with van der Waals surface area (Å²) in [6.07, 6.45) is 4.90. The first kappa shape index (κ1) is 17.1. The number of carboxylic acid groups (broad SMARTS) is 2. The van der Waals surface area contributed by atoms with Crippen molar-refractivity contribution in [1.82, 2.24) is 4.90 Å². The highest BCUT2D eigenvalue weighted by atomic mass is 19.1. The van der Waals surface area contributed by atoms with E-state index in [2.05, 4.69) is 10.1 Å². The van der Waals surface area contributed by atoms with E-state index in [1.165, 1.54) is 32.1 Å². The molecule has 0 aliphatic carbocycles. The monoisotopic (exact) mass is 302 g/mol. The van der Waals surface area contributed by atoms with Gasteiger partial charge in [0.15, 0.2) is 0 Å². The van der Waals surface area contributed by atoms with Crippen molar-refractivity contribution in [3.05, 3.63) is 12.2 Å². The Morgan fingerprint density at radius 3 is 2.19 bits per heavy atom. The molecule has 3 aliphatic heterocycles. The highest BCUT2D eigenvalue weighted by molar-refractivity contribution is 5.89. The Balaban J connectivity index is 0.000000240. The van der Waals surface area contributed by atoms with Crippen LogP contribution < -0.4 is 0 Å². The van der Waals surface area contributed by atoms with Crippen LogP contribution >= 0.6 is 0 Å². The maximum atomic E-state index is 11.7. The molecule has 3 rings (SSSR count). The van der Waals surface area contributed by atoms with E-state index < -0.39 is 18.6 Å². The van der Waals surface area contributed by atoms with Gasteiger partial charge < -0.3 is 15.1 Å². The lowest BCUT2D eigenvalue weighted by molar-refractivity contribution is -0.134. The number of carbonyl (C=O) groups is 2. The van der Waals surface area contributed by atoms with Gasteiger partial charge >= 0.3 is 11.9 Å². The molecule has 7 nitrogen and oxygen atoms in total. The molecular weight excluding hydrogens is 283 g/mol. The largest absolute Gasteiger partial charge is 0.478 e. The van der Waals surface area contributed by atoms with Crippen molar-refractivity contribution in [1.29, 1.82) is 0 Å². The predicted octanol–water partition coefficient (Wildman–Crippen LogP) is 0.764. The second-order valence-corrected chi connectivity index (χ2v) is 4.73. The summed E-state index contributed by atoms with van der Waals surface area (Å²) in [6, 6.07) is 0. The van der Waals surface area contributed by atoms with Crippen molar-refractivity contribution < 1.29 is 29.0 Å². The minimum absolute atomic E-state index is 0.199. The van der Waals surface area contributed by atoms with Crippen molar-refractivity contribution in [2.45, 2.75) is 18.9 Å². The number of alkyl halides is 1. The summed E-state index contributed by atoms with van der Waals surface area (Å²) in [5.74, 6) is -1.87. The van der Waals surface area contributed by atoms with E-state index in [0.717, 1.165) is 6.54 Å². The lowest BCUT2D eigenvalue weighted by atomic mass is 9.86. The molecular formula is C13H19FN2O5. The molecule has 3 aliphatic rings. The number of fused-ring (bicyclic) bond motifs is 3. The lowest BCUT2D eigenvalue weighted by Crippen LogP contribution is -2.50. The smallest absolute Gasteiger partial charge is 0.328 e. The second kappa shape index (κ2) is 9.06. The molecule has 0 aromatic carbocycles. The number of halogens is 1. The first-order chi connectivity index (χ1) is 10.0. The fourth-order valence-corrected chi connectivity index (χ4v) is 2.32. The Kier molecular flexibility index (Phi) is 7.38. The topological polar surface area (TPSA) is 99.4 Å². The summed E-state index contributed by atoms with van der Waals surface area (Å²) in [6.45, 7) is 2.81. The number of hydrogen-bond donors (Lipinski definition) is 2. The van der Waals surface area contributed by atoms with Crippen LogP contribution in [0.2, 0.25) is 0 Å². The zero-order valence-electron chi connectivity index (χ0n) is 11.5. The van der Waals surface area contributed by atoms with Crippen LogP contribution in [0.1, 0.15) is 12.8 Å². The first-order valence-electron chi connectivity index (χ1n) is 6.62. The van der Waals surface area contributed by atoms with Crippen molar-refractivity contribution in [2.75, 3.05) is 26.3 Å². The standard InChI is InChI=1S/C9H15FN2O.C4H4O4/c10-3-4-11-13-9-7-12-5-1-8(9)2-6-12;5-3(6)1-2-4(7)8/h4,8-9H,1-3,5-7H2;1-2H,(H,5,6)(H,7,8)/b;2-1+/t9-;/m0./s1. The third-order valence-electron chi connectivity index (χ3n) is 3.30. The Bertz CT molecular complexity index is 389. The van der Waals surface area contributed by atoms with E-state index >= 15 is 0 Å². The maximum Gasteiger partial charge on any atom is 0.328 e. The molecule has 2 N–H and O–H groups in total. The van der Waals surface area contributed by atoms with Gasteiger partial charge in [-0.05, 0) is 25.9 Å². The fraction of sp³-hybridized carbons (Fsp3) is 0.615. The Morgan fingerprint density at radius 2 is 1.81 bits per heavy atom. The second-order valence-electron chi connectivity index (χ2n) is 4.73. The van der Waals surface area contributed by atoms with Crippen molar-refractivity contribution in [3.8, 4) is 0 Å². The molecule has 2 bridgehead atoms. The van der Waals surface area contributed by atoms with Gasteiger partial charge in [-0.15, -0.1) is 0 Å². The number of rotatable bonds is 5. The number of hydrogen-bond acceptors (Lipinski definition) is 5. The van der Waals surface area contributed by atoms with E-state index in [0.29, 0.717) is 18.1 Å². The molecule has 0 aromatic rings. The van der Waals surface area contributed by atoms with Crippen LogP contribution in [0.5, 0.6) is 0 Å². The average Bonchev–Trinajstić information content (AvgIpc) is 2.47. The molecule has 8 heteroatoms. The molecule has 3 heterocycles. The average molecular weight is 302 g/mol. The molecule has 0 spiro atoms. The molecule has 0 radical (unpaired) electrons. The predicted molar refractivity (Wildman–Crippen MR) is 72.9 cm³/mol. The van der Waals surface area contributed by atoms with Gasteiger partial charge in [0.2, 0.25) is 0 Å². The van der Waals surface area contributed by atoms with E-state index in [-0.39, 0.29) is 6.10 Å². The van der Waals surface area contributed by atoms with Gasteiger partial charge in [0.1, 0.15) is 12.8 Å². The Hall–Kier alpha value is -1.96. The van der Waals surface area contributed by atoms with Gasteiger partial charge in [0.05, 0.1) is 6.21 Å². The zero-order valence-corrected chi connectivity index (χ0v) is 11.5. The number of carboxylic acids is 2. The highest BCUT2D eigenvalue weighted by Gasteiger charge is 2.35. The first-order valence-corrected chi connectivity index (χ1v) is 6.62. The van der Waals surface area contributed by atoms with Crippen LogP contribution in [0.4, 0.5) is 4.39 Å². The van der Waals surface area contributed by atoms with Crippen LogP contribution in [0.3, 0.4) is 0 Å². The van der Waals surface area contributed by atoms with Crippen molar-refractivity contribution in [2.24, 2.45) is 11.1 Å². The van der Waals surface area contributed by atoms with Gasteiger partial charge in [0, 0.05) is 24.6 Å². The van der Waals surface area contributed by atoms with Crippen LogP contribution in [0.15, 0.2) is 17.3 Å². The SMILES string of the molecule is FCC=NO[C@H]1CN2CCC1CC2.O=C(O)/C=C/C(=O)O. The zero-order chi connectivity index (χ0) is 15.7. The van der Waals surface area contributed by atoms with E-state index in [9.17, 15) is 14.0 Å². The summed E-state index contributed by atoms with van der Waals surface area (Å²) >= 11 is 0. The summed E-state index contributed by atoms with van der Waals surface area (Å²) in [5.41, 5.74) is 0. The molecule has 0 saturated carbocycles. The number of aliphatic carboxylic acids is 2. The van der Waals surface area contributed by atoms with Gasteiger partial charge in [-0.1, -0.05) is 5.16 Å². The van der Waals surface area contributed by atoms with Crippen LogP contribution in [-0.4, -0.2) is 65.7 Å². The normalized spacial score (nSPS) is 27.4. The molecule has 0 aromatic heterocycles. The molecule has 118 valence electrons. The molecule has 21 heavy (non-hydrogen) atoms. The number of nitrogens with zero attached hydrogens (tertiary/aromatic N) is 2. The molecule has 0 unspecified atom stereocenters. The van der Waals surface area contributed by atoms with Gasteiger partial charge in [-0.2, -0.15) is 0 Å². The molecule has 0 amide bonds. The van der Waals surface area contributed by atoms with Gasteiger partial charge in [-0.3, -0.25) is 4.90 Å². The highest BCUT2D eigenvalue weighted by Crippen LogP contribution is 2.29. The summed E-state index contributed by atoms with van der Waals surface area (Å²) in [4.78, 5) is 26.7. The quantitative estimate of drug-likeness (QED) is 0.442. The van der Waals surface area contributed by atoms with Crippen molar-refractivity contribution in [3.63, 3.8) is 0 Å². The molecule has 3 fully saturated rings. The number of oxime groups is 1. The van der Waals surface area contributed by atoms with E-state index in [1.807, 2.05) is 0 Å². The van der Waals surface area contributed by atoms with Crippen molar-refractivity contribution >= 4 is 18.2 Å². The summed E-state index contributed by atoms with van der Waals surface area (Å²) in [5, 5.41) is 19.2. The van der Waals surface area contributed by atoms with E-state index in [1.54, 1.807) is 0 Å². The fourth-order valence-electron chi connectivity index (χ4n) is 2.32. The third-order valence-corrected chi connectivity index (χ3v) is 3.30. The lowest BCUT2D eigenvalue weighted by Gasteiger charge is -2.42. The summed E-state index contributed by atoms with van der Waals surface area (Å²) in [7, 11) is 0. The Morgan fingerprint density at radius 1 is 1.24 bits per heavy atom. The van der Waals surface area contributed by atoms with Crippen LogP contribution in [-0.2, 0) is 14.4 Å². The molecule has 1 atom stereocenters. The molecule has 3 saturated heterocycles. The Labute approximate surface area is 121 Å². The third kappa shape index (κ3) is 6.84. The van der Waals surface area contributed by atoms with Gasteiger partial charge in [-0.25, -0.2) is 14.0 Å². The minimum Gasteiger partial charge on any atom is -0.478 e. The maximum absolute atomic E-state index is 11.7.